The van der Waals surface area contributed by atoms with Crippen LogP contribution < -0.4 is 9.47 Å². The summed E-state index contributed by atoms with van der Waals surface area (Å²) >= 11 is 0. The predicted molar refractivity (Wildman–Crippen MR) is 93.7 cm³/mol. The first-order valence-electron chi connectivity index (χ1n) is 7.52. The molecule has 5 nitrogen and oxygen atoms in total. The molecule has 0 radical (unpaired) electrons. The van der Waals surface area contributed by atoms with E-state index in [1.54, 1.807) is 26.6 Å². The summed E-state index contributed by atoms with van der Waals surface area (Å²) in [6.45, 7) is 0.359. The summed E-state index contributed by atoms with van der Waals surface area (Å²) in [7, 11) is 3.20. The molecule has 3 aromatic rings. The van der Waals surface area contributed by atoms with Crippen LogP contribution in [0.5, 0.6) is 11.5 Å². The molecule has 0 saturated heterocycles. The molecule has 0 fully saturated rings. The van der Waals surface area contributed by atoms with Crippen LogP contribution in [0.1, 0.15) is 11.1 Å². The van der Waals surface area contributed by atoms with Gasteiger partial charge in [0.2, 0.25) is 0 Å². The van der Waals surface area contributed by atoms with Gasteiger partial charge in [-0.3, -0.25) is 4.98 Å². The van der Waals surface area contributed by atoms with Crippen LogP contribution in [-0.2, 0) is 11.4 Å². The van der Waals surface area contributed by atoms with E-state index in [1.807, 2.05) is 48.5 Å². The standard InChI is InChI=1S/C19H18N2O3/c1-22-17-9-8-14(11-18(17)23-2)12-21-24-13-16-6-3-5-15-7-4-10-20-19(15)16/h3-12H,13H2,1-2H3. The van der Waals surface area contributed by atoms with Gasteiger partial charge in [-0.05, 0) is 24.3 Å². The second-order valence-electron chi connectivity index (χ2n) is 5.11. The zero-order valence-electron chi connectivity index (χ0n) is 13.6. The van der Waals surface area contributed by atoms with Crippen molar-refractivity contribution in [2.45, 2.75) is 6.61 Å². The highest BCUT2D eigenvalue weighted by Gasteiger charge is 2.04. The van der Waals surface area contributed by atoms with Gasteiger partial charge in [-0.1, -0.05) is 29.4 Å². The second kappa shape index (κ2) is 7.46. The molecule has 1 aromatic heterocycles. The lowest BCUT2D eigenvalue weighted by Gasteiger charge is -2.07. The first-order chi connectivity index (χ1) is 11.8. The molecule has 1 heterocycles. The highest BCUT2D eigenvalue weighted by molar-refractivity contribution is 5.81. The van der Waals surface area contributed by atoms with Crippen LogP contribution in [0.15, 0.2) is 59.9 Å². The summed E-state index contributed by atoms with van der Waals surface area (Å²) in [5, 5.41) is 5.11. The van der Waals surface area contributed by atoms with Gasteiger partial charge in [-0.25, -0.2) is 0 Å². The van der Waals surface area contributed by atoms with E-state index >= 15 is 0 Å². The molecule has 0 amide bonds. The van der Waals surface area contributed by atoms with Crippen molar-refractivity contribution in [3.05, 3.63) is 65.9 Å². The van der Waals surface area contributed by atoms with Crippen molar-refractivity contribution in [3.63, 3.8) is 0 Å². The maximum atomic E-state index is 5.42. The van der Waals surface area contributed by atoms with Gasteiger partial charge in [-0.15, -0.1) is 0 Å². The first-order valence-corrected chi connectivity index (χ1v) is 7.52. The average Bonchev–Trinajstić information content (AvgIpc) is 2.65. The predicted octanol–water partition coefficient (Wildman–Crippen LogP) is 3.80. The summed E-state index contributed by atoms with van der Waals surface area (Å²) in [5.74, 6) is 1.33. The number of methoxy groups -OCH3 is 2. The van der Waals surface area contributed by atoms with Crippen LogP contribution in [-0.4, -0.2) is 25.4 Å². The van der Waals surface area contributed by atoms with Crippen molar-refractivity contribution in [2.24, 2.45) is 5.16 Å². The van der Waals surface area contributed by atoms with Crippen molar-refractivity contribution in [2.75, 3.05) is 14.2 Å². The zero-order chi connectivity index (χ0) is 16.8. The van der Waals surface area contributed by atoms with Crippen molar-refractivity contribution in [1.82, 2.24) is 4.98 Å². The van der Waals surface area contributed by atoms with E-state index in [1.165, 1.54) is 0 Å². The zero-order valence-corrected chi connectivity index (χ0v) is 13.6. The summed E-state index contributed by atoms with van der Waals surface area (Å²) in [5.41, 5.74) is 2.79. The van der Waals surface area contributed by atoms with E-state index in [0.717, 1.165) is 22.0 Å². The van der Waals surface area contributed by atoms with Gasteiger partial charge in [0.05, 0.1) is 26.0 Å². The number of ether oxygens (including phenoxy) is 2. The van der Waals surface area contributed by atoms with Gasteiger partial charge < -0.3 is 14.3 Å². The Morgan fingerprint density at radius 2 is 1.83 bits per heavy atom. The fourth-order valence-electron chi connectivity index (χ4n) is 2.42. The van der Waals surface area contributed by atoms with Gasteiger partial charge in [-0.2, -0.15) is 0 Å². The molecule has 5 heteroatoms. The van der Waals surface area contributed by atoms with Crippen molar-refractivity contribution >= 4 is 17.1 Å². The third-order valence-corrected chi connectivity index (χ3v) is 3.62. The summed E-state index contributed by atoms with van der Waals surface area (Å²) in [6.07, 6.45) is 3.42. The molecule has 2 aromatic carbocycles. The molecule has 0 aliphatic heterocycles. The van der Waals surface area contributed by atoms with Crippen LogP contribution >= 0.6 is 0 Å². The number of hydrogen-bond acceptors (Lipinski definition) is 5. The fraction of sp³-hybridized carbons (Fsp3) is 0.158. The Hall–Kier alpha value is -3.08. The molecule has 24 heavy (non-hydrogen) atoms. The van der Waals surface area contributed by atoms with Gasteiger partial charge >= 0.3 is 0 Å². The van der Waals surface area contributed by atoms with Gasteiger partial charge in [0.15, 0.2) is 11.5 Å². The second-order valence-corrected chi connectivity index (χ2v) is 5.11. The van der Waals surface area contributed by atoms with Crippen LogP contribution in [0.2, 0.25) is 0 Å². The number of para-hydroxylation sites is 1. The molecular formula is C19H18N2O3. The molecule has 0 saturated carbocycles. The number of oxime groups is 1. The minimum Gasteiger partial charge on any atom is -0.493 e. The third kappa shape index (κ3) is 3.46. The summed E-state index contributed by atoms with van der Waals surface area (Å²) in [6, 6.07) is 15.5. The van der Waals surface area contributed by atoms with E-state index in [0.29, 0.717) is 18.1 Å². The van der Waals surface area contributed by atoms with E-state index in [9.17, 15) is 0 Å². The fourth-order valence-corrected chi connectivity index (χ4v) is 2.42. The molecule has 0 atom stereocenters. The van der Waals surface area contributed by atoms with Gasteiger partial charge in [0.1, 0.15) is 6.61 Å². The summed E-state index contributed by atoms with van der Waals surface area (Å²) in [4.78, 5) is 9.82. The Morgan fingerprint density at radius 1 is 1.00 bits per heavy atom. The molecule has 0 spiro atoms. The Morgan fingerprint density at radius 3 is 2.67 bits per heavy atom. The maximum absolute atomic E-state index is 5.42. The third-order valence-electron chi connectivity index (χ3n) is 3.62. The Kier molecular flexibility index (Phi) is 4.91. The number of pyridine rings is 1. The SMILES string of the molecule is COc1ccc(C=NOCc2cccc3cccnc23)cc1OC. The highest BCUT2D eigenvalue weighted by atomic mass is 16.6. The van der Waals surface area contributed by atoms with Crippen molar-refractivity contribution in [1.29, 1.82) is 0 Å². The van der Waals surface area contributed by atoms with Gasteiger partial charge in [0, 0.05) is 22.7 Å². The van der Waals surface area contributed by atoms with Crippen molar-refractivity contribution < 1.29 is 14.3 Å². The summed E-state index contributed by atoms with van der Waals surface area (Å²) < 4.78 is 10.5. The number of rotatable bonds is 6. The van der Waals surface area contributed by atoms with E-state index < -0.39 is 0 Å². The Balaban J connectivity index is 1.68. The lowest BCUT2D eigenvalue weighted by molar-refractivity contribution is 0.133. The monoisotopic (exact) mass is 322 g/mol. The van der Waals surface area contributed by atoms with Crippen LogP contribution in [0, 0.1) is 0 Å². The Bertz CT molecular complexity index is 857. The number of aromatic nitrogens is 1. The number of hydrogen-bond donors (Lipinski definition) is 0. The van der Waals surface area contributed by atoms with E-state index in [4.69, 9.17) is 14.3 Å². The number of benzene rings is 2. The molecule has 0 bridgehead atoms. The smallest absolute Gasteiger partial charge is 0.161 e. The molecule has 0 aliphatic rings. The van der Waals surface area contributed by atoms with Gasteiger partial charge in [0.25, 0.3) is 0 Å². The molecule has 3 rings (SSSR count). The van der Waals surface area contributed by atoms with E-state index in [-0.39, 0.29) is 0 Å². The van der Waals surface area contributed by atoms with Crippen LogP contribution in [0.4, 0.5) is 0 Å². The minimum atomic E-state index is 0.359. The molecule has 0 aliphatic carbocycles. The average molecular weight is 322 g/mol. The minimum absolute atomic E-state index is 0.359. The normalized spacial score (nSPS) is 10.9. The quantitative estimate of drug-likeness (QED) is 0.511. The lowest BCUT2D eigenvalue weighted by Crippen LogP contribution is -1.93. The molecule has 122 valence electrons. The number of fused-ring (bicyclic) bond motifs is 1. The van der Waals surface area contributed by atoms with E-state index in [2.05, 4.69) is 10.1 Å². The largest absolute Gasteiger partial charge is 0.493 e. The van der Waals surface area contributed by atoms with Crippen molar-refractivity contribution in [3.8, 4) is 11.5 Å². The molecular weight excluding hydrogens is 304 g/mol. The van der Waals surface area contributed by atoms with Crippen LogP contribution in [0.25, 0.3) is 10.9 Å². The molecule has 0 N–H and O–H groups in total. The lowest BCUT2D eigenvalue weighted by atomic mass is 10.1. The topological polar surface area (TPSA) is 52.9 Å². The highest BCUT2D eigenvalue weighted by Crippen LogP contribution is 2.26. The van der Waals surface area contributed by atoms with Crippen LogP contribution in [0.3, 0.4) is 0 Å². The first kappa shape index (κ1) is 15.8. The maximum Gasteiger partial charge on any atom is 0.161 e. The number of nitrogens with zero attached hydrogens (tertiary/aromatic N) is 2. The molecule has 0 unspecified atom stereocenters. The Labute approximate surface area is 140 Å².